The smallest absolute Gasteiger partial charge is 0.0445 e. The van der Waals surface area contributed by atoms with Gasteiger partial charge in [0.1, 0.15) is 0 Å². The topological polar surface area (TPSA) is 0 Å². The summed E-state index contributed by atoms with van der Waals surface area (Å²) in [6.07, 6.45) is 8.48. The van der Waals surface area contributed by atoms with Crippen LogP contribution in [0.4, 0.5) is 0 Å². The van der Waals surface area contributed by atoms with Gasteiger partial charge >= 0.3 is 0 Å². The number of unbranched alkanes of at least 4 members (excludes halogenated alkanes) is 3. The lowest BCUT2D eigenvalue weighted by molar-refractivity contribution is 0.477. The molecule has 0 heterocycles. The third kappa shape index (κ3) is 12.7. The van der Waals surface area contributed by atoms with Crippen molar-refractivity contribution in [2.75, 3.05) is 0 Å². The molecule has 0 N–H and O–H groups in total. The minimum Gasteiger partial charge on any atom is -0.0683 e. The lowest BCUT2D eigenvalue weighted by atomic mass is 10.0. The lowest BCUT2D eigenvalue weighted by Crippen LogP contribution is -1.91. The lowest BCUT2D eigenvalue weighted by Gasteiger charge is -2.06. The van der Waals surface area contributed by atoms with Crippen LogP contribution in [0.3, 0.4) is 0 Å². The van der Waals surface area contributed by atoms with Crippen LogP contribution in [0.15, 0.2) is 0 Å². The predicted molar refractivity (Wildman–Crippen MR) is 59.6 cm³/mol. The van der Waals surface area contributed by atoms with E-state index in [9.17, 15) is 0 Å². The minimum atomic E-state index is 0.955. The van der Waals surface area contributed by atoms with Crippen molar-refractivity contribution in [3.8, 4) is 0 Å². The van der Waals surface area contributed by atoms with Gasteiger partial charge in [0, 0.05) is 0 Å². The van der Waals surface area contributed by atoms with Gasteiger partial charge in [0.15, 0.2) is 0 Å². The Morgan fingerprint density at radius 3 is 1.92 bits per heavy atom. The Labute approximate surface area is 79.8 Å². The Kier molecular flexibility index (Phi) is 16.4. The third-order valence-electron chi connectivity index (χ3n) is 2.25. The van der Waals surface area contributed by atoms with Crippen LogP contribution in [-0.2, 0) is 0 Å². The fourth-order valence-corrected chi connectivity index (χ4v) is 1.12. The van der Waals surface area contributed by atoms with E-state index in [-0.39, 0.29) is 0 Å². The molecule has 0 aliphatic carbocycles. The molecule has 76 valence electrons. The van der Waals surface area contributed by atoms with Crippen molar-refractivity contribution in [1.29, 1.82) is 0 Å². The van der Waals surface area contributed by atoms with Crippen LogP contribution in [0, 0.1) is 5.92 Å². The van der Waals surface area contributed by atoms with Crippen molar-refractivity contribution in [3.63, 3.8) is 0 Å². The van der Waals surface area contributed by atoms with E-state index in [1.807, 2.05) is 13.8 Å². The second-order valence-corrected chi connectivity index (χ2v) is 3.36. The maximum atomic E-state index is 2.35. The second-order valence-electron chi connectivity index (χ2n) is 3.36. The molecule has 0 amide bonds. The van der Waals surface area contributed by atoms with Crippen molar-refractivity contribution >= 4 is 0 Å². The minimum absolute atomic E-state index is 0.955. The summed E-state index contributed by atoms with van der Waals surface area (Å²) in [4.78, 5) is 0. The van der Waals surface area contributed by atoms with E-state index in [1.54, 1.807) is 0 Å². The van der Waals surface area contributed by atoms with E-state index >= 15 is 0 Å². The van der Waals surface area contributed by atoms with Gasteiger partial charge in [0.05, 0.1) is 0 Å². The highest BCUT2D eigenvalue weighted by molar-refractivity contribution is 4.50. The zero-order chi connectivity index (χ0) is 9.82. The van der Waals surface area contributed by atoms with Crippen molar-refractivity contribution in [2.24, 2.45) is 5.92 Å². The predicted octanol–water partition coefficient (Wildman–Crippen LogP) is 5.03. The highest BCUT2D eigenvalue weighted by Gasteiger charge is 1.96. The Morgan fingerprint density at radius 2 is 1.50 bits per heavy atom. The quantitative estimate of drug-likeness (QED) is 0.493. The molecule has 0 aliphatic rings. The van der Waals surface area contributed by atoms with E-state index in [0.29, 0.717) is 0 Å². The molecule has 0 nitrogen and oxygen atoms in total. The molecule has 0 aromatic heterocycles. The highest BCUT2D eigenvalue weighted by Crippen LogP contribution is 2.12. The Morgan fingerprint density at radius 1 is 0.917 bits per heavy atom. The van der Waals surface area contributed by atoms with Crippen molar-refractivity contribution in [1.82, 2.24) is 0 Å². The van der Waals surface area contributed by atoms with Gasteiger partial charge in [0.25, 0.3) is 0 Å². The fourth-order valence-electron chi connectivity index (χ4n) is 1.12. The van der Waals surface area contributed by atoms with Crippen LogP contribution in [-0.4, -0.2) is 0 Å². The monoisotopic (exact) mass is 172 g/mol. The van der Waals surface area contributed by atoms with Gasteiger partial charge in [-0.3, -0.25) is 0 Å². The first kappa shape index (κ1) is 14.5. The van der Waals surface area contributed by atoms with E-state index < -0.39 is 0 Å². The average Bonchev–Trinajstić information content (AvgIpc) is 2.15. The van der Waals surface area contributed by atoms with Crippen molar-refractivity contribution in [2.45, 2.75) is 73.1 Å². The van der Waals surface area contributed by atoms with Gasteiger partial charge in [-0.2, -0.15) is 0 Å². The summed E-state index contributed by atoms with van der Waals surface area (Å²) < 4.78 is 0. The summed E-state index contributed by atoms with van der Waals surface area (Å²) in [5, 5.41) is 0. The van der Waals surface area contributed by atoms with Crippen LogP contribution in [0.25, 0.3) is 0 Å². The first-order valence-corrected chi connectivity index (χ1v) is 5.81. The van der Waals surface area contributed by atoms with Gasteiger partial charge in [-0.1, -0.05) is 73.1 Å². The zero-order valence-electron chi connectivity index (χ0n) is 9.82. The average molecular weight is 172 g/mol. The molecule has 0 fully saturated rings. The summed E-state index contributed by atoms with van der Waals surface area (Å²) >= 11 is 0. The number of hydrogen-bond donors (Lipinski definition) is 0. The molecule has 0 saturated carbocycles. The molecule has 0 saturated heterocycles. The maximum Gasteiger partial charge on any atom is -0.0445 e. The molecule has 0 rings (SSSR count). The fraction of sp³-hybridized carbons (Fsp3) is 1.00. The van der Waals surface area contributed by atoms with Crippen LogP contribution >= 0.6 is 0 Å². The number of hydrogen-bond acceptors (Lipinski definition) is 0. The molecule has 0 aromatic carbocycles. The van der Waals surface area contributed by atoms with E-state index in [2.05, 4.69) is 20.8 Å². The molecular formula is C12H28. The largest absolute Gasteiger partial charge is 0.0683 e. The first-order valence-electron chi connectivity index (χ1n) is 5.81. The SMILES string of the molecule is CC.CCCCCCC(C)CC. The standard InChI is InChI=1S/C10H22.C2H6/c1-4-6-7-8-9-10(3)5-2;1-2/h10H,4-9H2,1-3H3;1-2H3. The molecule has 0 bridgehead atoms. The molecule has 0 aromatic rings. The molecule has 0 radical (unpaired) electrons. The summed E-state index contributed by atoms with van der Waals surface area (Å²) in [6.45, 7) is 10.9. The second kappa shape index (κ2) is 13.6. The summed E-state index contributed by atoms with van der Waals surface area (Å²) in [5.41, 5.74) is 0. The molecular weight excluding hydrogens is 144 g/mol. The van der Waals surface area contributed by atoms with Gasteiger partial charge in [0.2, 0.25) is 0 Å². The Hall–Kier alpha value is 0. The van der Waals surface area contributed by atoms with Crippen molar-refractivity contribution < 1.29 is 0 Å². The van der Waals surface area contributed by atoms with Gasteiger partial charge in [-0.25, -0.2) is 0 Å². The Bertz CT molecular complexity index is 57.1. The summed E-state index contributed by atoms with van der Waals surface area (Å²) in [6, 6.07) is 0. The first-order chi connectivity index (χ1) is 5.81. The van der Waals surface area contributed by atoms with E-state index in [4.69, 9.17) is 0 Å². The summed E-state index contributed by atoms with van der Waals surface area (Å²) in [7, 11) is 0. The molecule has 0 heteroatoms. The zero-order valence-corrected chi connectivity index (χ0v) is 9.82. The normalized spacial score (nSPS) is 11.8. The third-order valence-corrected chi connectivity index (χ3v) is 2.25. The molecule has 12 heavy (non-hydrogen) atoms. The van der Waals surface area contributed by atoms with Crippen LogP contribution in [0.2, 0.25) is 0 Å². The van der Waals surface area contributed by atoms with Gasteiger partial charge in [-0.15, -0.1) is 0 Å². The van der Waals surface area contributed by atoms with Gasteiger partial charge < -0.3 is 0 Å². The molecule has 1 unspecified atom stereocenters. The molecule has 0 spiro atoms. The van der Waals surface area contributed by atoms with Crippen molar-refractivity contribution in [3.05, 3.63) is 0 Å². The van der Waals surface area contributed by atoms with Gasteiger partial charge in [-0.05, 0) is 5.92 Å². The van der Waals surface area contributed by atoms with Crippen LogP contribution in [0.5, 0.6) is 0 Å². The van der Waals surface area contributed by atoms with E-state index in [1.165, 1.54) is 38.5 Å². The Balaban J connectivity index is 0. The number of rotatable bonds is 6. The highest BCUT2D eigenvalue weighted by atomic mass is 14.0. The van der Waals surface area contributed by atoms with Crippen LogP contribution in [0.1, 0.15) is 73.1 Å². The molecule has 1 atom stereocenters. The van der Waals surface area contributed by atoms with Crippen LogP contribution < -0.4 is 0 Å². The molecule has 0 aliphatic heterocycles. The maximum absolute atomic E-state index is 2.35. The summed E-state index contributed by atoms with van der Waals surface area (Å²) in [5.74, 6) is 0.955. The van der Waals surface area contributed by atoms with E-state index in [0.717, 1.165) is 5.92 Å².